The predicted molar refractivity (Wildman–Crippen MR) is 82.2 cm³/mol. The van der Waals surface area contributed by atoms with E-state index in [2.05, 4.69) is 9.82 Å². The summed E-state index contributed by atoms with van der Waals surface area (Å²) >= 11 is 0. The highest BCUT2D eigenvalue weighted by Crippen LogP contribution is 2.19. The van der Waals surface area contributed by atoms with E-state index in [1.807, 2.05) is 0 Å². The van der Waals surface area contributed by atoms with Crippen LogP contribution in [0, 0.1) is 17.0 Å². The molecule has 8 nitrogen and oxygen atoms in total. The van der Waals surface area contributed by atoms with Gasteiger partial charge in [-0.05, 0) is 32.0 Å². The summed E-state index contributed by atoms with van der Waals surface area (Å²) in [6.45, 7) is 2.66. The van der Waals surface area contributed by atoms with E-state index in [4.69, 9.17) is 4.74 Å². The van der Waals surface area contributed by atoms with Crippen molar-refractivity contribution in [3.05, 3.63) is 69.0 Å². The van der Waals surface area contributed by atoms with Gasteiger partial charge in [0.25, 0.3) is 5.09 Å². The van der Waals surface area contributed by atoms with Gasteiger partial charge in [0.2, 0.25) is 0 Å². The van der Waals surface area contributed by atoms with Crippen LogP contribution in [0.15, 0.2) is 36.4 Å². The van der Waals surface area contributed by atoms with Gasteiger partial charge in [-0.1, -0.05) is 18.2 Å². The van der Waals surface area contributed by atoms with Gasteiger partial charge in [0.05, 0.1) is 17.0 Å². The monoisotopic (exact) mass is 330 g/mol. The quantitative estimate of drug-likeness (QED) is 0.346. The Labute approximate surface area is 137 Å². The minimum atomic E-state index is -0.913. The third-order valence-electron chi connectivity index (χ3n) is 3.14. The normalized spacial score (nSPS) is 10.1. The summed E-state index contributed by atoms with van der Waals surface area (Å²) in [5.74, 6) is -0.729. The Bertz CT molecular complexity index is 803. The number of aryl methyl sites for hydroxylation is 1. The molecule has 0 fully saturated rings. The second-order valence-corrected chi connectivity index (χ2v) is 4.87. The molecule has 0 aliphatic rings. The number of pyridine rings is 1. The zero-order chi connectivity index (χ0) is 17.7. The van der Waals surface area contributed by atoms with Crippen molar-refractivity contribution < 1.29 is 24.3 Å². The fraction of sp³-hybridized carbons (Fsp3) is 0.188. The minimum Gasteiger partial charge on any atom is -0.421 e. The lowest BCUT2D eigenvalue weighted by atomic mass is 10.0. The zero-order valence-electron chi connectivity index (χ0n) is 13.0. The number of carbonyl (C=O) groups excluding carboxylic acids is 2. The molecule has 0 amide bonds. The summed E-state index contributed by atoms with van der Waals surface area (Å²) in [5.41, 5.74) is 1.12. The van der Waals surface area contributed by atoms with E-state index < -0.39 is 11.1 Å². The fourth-order valence-corrected chi connectivity index (χ4v) is 2.03. The number of carbonyl (C=O) groups is 2. The van der Waals surface area contributed by atoms with Gasteiger partial charge in [-0.15, -0.1) is 10.1 Å². The van der Waals surface area contributed by atoms with Gasteiger partial charge in [-0.25, -0.2) is 4.79 Å². The number of hydrogen-bond donors (Lipinski definition) is 0. The Morgan fingerprint density at radius 2 is 1.83 bits per heavy atom. The average molecular weight is 330 g/mol. The molecule has 0 radical (unpaired) electrons. The third-order valence-corrected chi connectivity index (χ3v) is 3.14. The Morgan fingerprint density at radius 3 is 2.42 bits per heavy atom. The smallest absolute Gasteiger partial charge is 0.344 e. The molecule has 2 aromatic rings. The van der Waals surface area contributed by atoms with Crippen molar-refractivity contribution in [3.63, 3.8) is 0 Å². The summed E-state index contributed by atoms with van der Waals surface area (Å²) in [5, 5.41) is 9.26. The molecule has 0 aliphatic heterocycles. The number of rotatable bonds is 6. The van der Waals surface area contributed by atoms with Crippen LogP contribution in [-0.4, -0.2) is 21.8 Å². The van der Waals surface area contributed by atoms with E-state index in [1.165, 1.54) is 25.1 Å². The maximum absolute atomic E-state index is 12.3. The first-order valence-electron chi connectivity index (χ1n) is 6.94. The summed E-state index contributed by atoms with van der Waals surface area (Å²) < 4.78 is 5.27. The number of esters is 1. The largest absolute Gasteiger partial charge is 0.421 e. The Hall–Kier alpha value is -3.29. The van der Waals surface area contributed by atoms with Crippen molar-refractivity contribution in [2.45, 2.75) is 20.5 Å². The molecule has 24 heavy (non-hydrogen) atoms. The highest BCUT2D eigenvalue weighted by Gasteiger charge is 2.17. The summed E-state index contributed by atoms with van der Waals surface area (Å²) in [4.78, 5) is 42.3. The lowest BCUT2D eigenvalue weighted by Gasteiger charge is -2.10. The average Bonchev–Trinajstić information content (AvgIpc) is 2.55. The first-order valence-corrected chi connectivity index (χ1v) is 6.94. The number of Topliss-reactive ketones (excluding diaryl/α,β-unsaturated/α-hetero) is 1. The lowest BCUT2D eigenvalue weighted by molar-refractivity contribution is -0.763. The van der Waals surface area contributed by atoms with Crippen molar-refractivity contribution in [3.8, 4) is 5.75 Å². The number of aromatic nitrogens is 1. The molecule has 2 rings (SSSR count). The summed E-state index contributed by atoms with van der Waals surface area (Å²) in [6, 6.07) is 9.26. The van der Waals surface area contributed by atoms with E-state index in [-0.39, 0.29) is 29.3 Å². The molecule has 0 saturated heterocycles. The van der Waals surface area contributed by atoms with Gasteiger partial charge in [-0.2, -0.15) is 0 Å². The van der Waals surface area contributed by atoms with Gasteiger partial charge >= 0.3 is 5.97 Å². The van der Waals surface area contributed by atoms with Crippen LogP contribution >= 0.6 is 0 Å². The van der Waals surface area contributed by atoms with Gasteiger partial charge in [-0.3, -0.25) is 9.78 Å². The maximum atomic E-state index is 12.3. The van der Waals surface area contributed by atoms with Gasteiger partial charge in [0.15, 0.2) is 11.5 Å². The van der Waals surface area contributed by atoms with E-state index in [1.54, 1.807) is 25.1 Å². The SMILES string of the molecule is CC(=O)c1ccccc1C(=O)Oc1ccc(CO[N+](=O)[O-])nc1C. The zero-order valence-corrected chi connectivity index (χ0v) is 13.0. The molecule has 1 aromatic heterocycles. The lowest BCUT2D eigenvalue weighted by Crippen LogP contribution is -2.14. The van der Waals surface area contributed by atoms with Crippen molar-refractivity contribution in [1.29, 1.82) is 0 Å². The van der Waals surface area contributed by atoms with E-state index in [0.717, 1.165) is 0 Å². The molecule has 0 saturated carbocycles. The first kappa shape index (κ1) is 17.1. The van der Waals surface area contributed by atoms with Crippen LogP contribution < -0.4 is 4.74 Å². The molecule has 0 atom stereocenters. The van der Waals surface area contributed by atoms with Crippen molar-refractivity contribution >= 4 is 11.8 Å². The number of benzene rings is 1. The molecule has 8 heteroatoms. The van der Waals surface area contributed by atoms with Crippen LogP contribution in [0.1, 0.15) is 39.0 Å². The number of ether oxygens (including phenoxy) is 1. The van der Waals surface area contributed by atoms with Crippen LogP contribution in [0.3, 0.4) is 0 Å². The van der Waals surface area contributed by atoms with Crippen LogP contribution in [0.2, 0.25) is 0 Å². The van der Waals surface area contributed by atoms with Crippen molar-refractivity contribution in [1.82, 2.24) is 4.98 Å². The molecular weight excluding hydrogens is 316 g/mol. The van der Waals surface area contributed by atoms with Crippen molar-refractivity contribution in [2.75, 3.05) is 0 Å². The molecular formula is C16H14N2O6. The fourth-order valence-electron chi connectivity index (χ4n) is 2.03. The summed E-state index contributed by atoms with van der Waals surface area (Å²) in [7, 11) is 0. The van der Waals surface area contributed by atoms with Crippen LogP contribution in [-0.2, 0) is 11.4 Å². The first-order chi connectivity index (χ1) is 11.4. The Kier molecular flexibility index (Phi) is 5.20. The predicted octanol–water partition coefficient (Wildman–Crippen LogP) is 2.52. The molecule has 0 spiro atoms. The topological polar surface area (TPSA) is 109 Å². The standard InChI is InChI=1S/C16H14N2O6/c1-10-15(8-7-12(17-10)9-23-18(21)22)24-16(20)14-6-4-3-5-13(14)11(2)19/h3-8H,9H2,1-2H3. The van der Waals surface area contributed by atoms with Gasteiger partial charge < -0.3 is 9.57 Å². The van der Waals surface area contributed by atoms with Gasteiger partial charge in [0, 0.05) is 5.56 Å². The molecule has 0 aliphatic carbocycles. The number of hydrogen-bond acceptors (Lipinski definition) is 7. The molecule has 124 valence electrons. The third kappa shape index (κ3) is 4.13. The molecule has 1 heterocycles. The number of ketones is 1. The van der Waals surface area contributed by atoms with Gasteiger partial charge in [0.1, 0.15) is 6.61 Å². The van der Waals surface area contributed by atoms with E-state index in [9.17, 15) is 19.7 Å². The molecule has 1 aromatic carbocycles. The molecule has 0 bridgehead atoms. The second-order valence-electron chi connectivity index (χ2n) is 4.87. The second kappa shape index (κ2) is 7.32. The minimum absolute atomic E-state index is 0.158. The van der Waals surface area contributed by atoms with Crippen molar-refractivity contribution in [2.24, 2.45) is 0 Å². The van der Waals surface area contributed by atoms with E-state index >= 15 is 0 Å². The molecule has 0 N–H and O–H groups in total. The Balaban J connectivity index is 2.18. The highest BCUT2D eigenvalue weighted by molar-refractivity contribution is 6.05. The maximum Gasteiger partial charge on any atom is 0.344 e. The highest BCUT2D eigenvalue weighted by atomic mass is 16.9. The molecule has 0 unspecified atom stereocenters. The van der Waals surface area contributed by atoms with Crippen LogP contribution in [0.4, 0.5) is 0 Å². The van der Waals surface area contributed by atoms with Crippen LogP contribution in [0.5, 0.6) is 5.75 Å². The van der Waals surface area contributed by atoms with E-state index in [0.29, 0.717) is 11.4 Å². The Morgan fingerprint density at radius 1 is 1.17 bits per heavy atom. The summed E-state index contributed by atoms with van der Waals surface area (Å²) in [6.07, 6.45) is 0. The van der Waals surface area contributed by atoms with Crippen LogP contribution in [0.25, 0.3) is 0 Å². The number of nitrogens with zero attached hydrogens (tertiary/aromatic N) is 2.